The molecule has 0 bridgehead atoms. The van der Waals surface area contributed by atoms with Crippen LogP contribution in [0.5, 0.6) is 0 Å². The van der Waals surface area contributed by atoms with E-state index >= 15 is 0 Å². The monoisotopic (exact) mass is 287 g/mol. The van der Waals surface area contributed by atoms with Crippen molar-refractivity contribution >= 4 is 12.0 Å². The first kappa shape index (κ1) is 15.8. The van der Waals surface area contributed by atoms with Gasteiger partial charge in [0.25, 0.3) is 0 Å². The first-order valence-corrected chi connectivity index (χ1v) is 7.77. The van der Waals surface area contributed by atoms with E-state index in [1.165, 1.54) is 12.0 Å². The summed E-state index contributed by atoms with van der Waals surface area (Å²) < 4.78 is 0. The smallest absolute Gasteiger partial charge is 0.305 e. The lowest BCUT2D eigenvalue weighted by atomic mass is 9.78. The van der Waals surface area contributed by atoms with Crippen molar-refractivity contribution in [2.45, 2.75) is 44.1 Å². The molecule has 1 fully saturated rings. The standard InChI is InChI=1S/C18H25NO2/c1-19(14-8-11-16-9-4-2-5-10-16)18(15-17(20)21)12-6-3-7-13-18/h2,4-5,8-11H,3,6-7,12-15H2,1H3,(H,20,21). The Morgan fingerprint density at radius 3 is 2.52 bits per heavy atom. The van der Waals surface area contributed by atoms with Crippen molar-refractivity contribution in [2.75, 3.05) is 13.6 Å². The normalized spacial score (nSPS) is 18.2. The lowest BCUT2D eigenvalue weighted by Crippen LogP contribution is -2.49. The van der Waals surface area contributed by atoms with Crippen LogP contribution in [0.15, 0.2) is 36.4 Å². The van der Waals surface area contributed by atoms with Gasteiger partial charge in [-0.2, -0.15) is 0 Å². The number of nitrogens with zero attached hydrogens (tertiary/aromatic N) is 1. The highest BCUT2D eigenvalue weighted by molar-refractivity contribution is 5.68. The van der Waals surface area contributed by atoms with Gasteiger partial charge >= 0.3 is 5.97 Å². The van der Waals surface area contributed by atoms with E-state index in [2.05, 4.69) is 36.2 Å². The molecule has 1 N–H and O–H groups in total. The second-order valence-corrected chi connectivity index (χ2v) is 6.05. The highest BCUT2D eigenvalue weighted by Gasteiger charge is 2.37. The van der Waals surface area contributed by atoms with Crippen molar-refractivity contribution in [3.8, 4) is 0 Å². The molecule has 2 rings (SSSR count). The largest absolute Gasteiger partial charge is 0.481 e. The zero-order chi connectivity index (χ0) is 15.1. The maximum absolute atomic E-state index is 11.2. The second kappa shape index (κ2) is 7.41. The van der Waals surface area contributed by atoms with Crippen LogP contribution in [0.3, 0.4) is 0 Å². The molecular formula is C18H25NO2. The summed E-state index contributed by atoms with van der Waals surface area (Å²) in [5.41, 5.74) is 1.02. The quantitative estimate of drug-likeness (QED) is 0.865. The molecule has 0 saturated heterocycles. The van der Waals surface area contributed by atoms with E-state index in [1.807, 2.05) is 18.2 Å². The van der Waals surface area contributed by atoms with Gasteiger partial charge in [0.2, 0.25) is 0 Å². The Hall–Kier alpha value is -1.61. The first-order chi connectivity index (χ1) is 10.1. The molecule has 0 heterocycles. The van der Waals surface area contributed by atoms with Gasteiger partial charge in [-0.3, -0.25) is 9.69 Å². The van der Waals surface area contributed by atoms with Gasteiger partial charge in [-0.1, -0.05) is 61.7 Å². The van der Waals surface area contributed by atoms with Crippen LogP contribution in [0.4, 0.5) is 0 Å². The topological polar surface area (TPSA) is 40.5 Å². The molecular weight excluding hydrogens is 262 g/mol. The van der Waals surface area contributed by atoms with E-state index in [-0.39, 0.29) is 12.0 Å². The van der Waals surface area contributed by atoms with E-state index in [0.29, 0.717) is 0 Å². The SMILES string of the molecule is CN(CC=Cc1ccccc1)C1(CC(=O)O)CCCCC1. The van der Waals surface area contributed by atoms with E-state index in [1.54, 1.807) is 0 Å². The Morgan fingerprint density at radius 2 is 1.90 bits per heavy atom. The number of aliphatic carboxylic acids is 1. The average Bonchev–Trinajstić information content (AvgIpc) is 2.48. The average molecular weight is 287 g/mol. The first-order valence-electron chi connectivity index (χ1n) is 7.77. The van der Waals surface area contributed by atoms with Crippen LogP contribution in [0, 0.1) is 0 Å². The van der Waals surface area contributed by atoms with Crippen LogP contribution < -0.4 is 0 Å². The molecule has 0 aromatic heterocycles. The maximum Gasteiger partial charge on any atom is 0.305 e. The van der Waals surface area contributed by atoms with Gasteiger partial charge in [0, 0.05) is 12.1 Å². The number of carbonyl (C=O) groups is 1. The van der Waals surface area contributed by atoms with E-state index < -0.39 is 5.97 Å². The number of carboxylic acids is 1. The van der Waals surface area contributed by atoms with E-state index in [4.69, 9.17) is 0 Å². The second-order valence-electron chi connectivity index (χ2n) is 6.05. The van der Waals surface area contributed by atoms with Crippen LogP contribution >= 0.6 is 0 Å². The molecule has 1 saturated carbocycles. The number of hydrogen-bond acceptors (Lipinski definition) is 2. The number of carboxylic acid groups (broad SMARTS) is 1. The highest BCUT2D eigenvalue weighted by Crippen LogP contribution is 2.35. The number of likely N-dealkylation sites (N-methyl/N-ethyl adjacent to an activating group) is 1. The maximum atomic E-state index is 11.2. The van der Waals surface area contributed by atoms with Crippen LogP contribution in [0.2, 0.25) is 0 Å². The molecule has 0 atom stereocenters. The zero-order valence-electron chi connectivity index (χ0n) is 12.8. The van der Waals surface area contributed by atoms with Crippen LogP contribution in [-0.4, -0.2) is 35.1 Å². The molecule has 0 radical (unpaired) electrons. The minimum Gasteiger partial charge on any atom is -0.481 e. The molecule has 3 nitrogen and oxygen atoms in total. The molecule has 1 aliphatic rings. The van der Waals surface area contributed by atoms with Crippen LogP contribution in [-0.2, 0) is 4.79 Å². The van der Waals surface area contributed by atoms with Gasteiger partial charge in [0.15, 0.2) is 0 Å². The Kier molecular flexibility index (Phi) is 5.57. The summed E-state index contributed by atoms with van der Waals surface area (Å²) >= 11 is 0. The zero-order valence-corrected chi connectivity index (χ0v) is 12.8. The van der Waals surface area contributed by atoms with Crippen molar-refractivity contribution in [2.24, 2.45) is 0 Å². The fourth-order valence-electron chi connectivity index (χ4n) is 3.29. The van der Waals surface area contributed by atoms with Gasteiger partial charge in [0.05, 0.1) is 6.42 Å². The molecule has 0 amide bonds. The summed E-state index contributed by atoms with van der Waals surface area (Å²) in [4.78, 5) is 13.5. The molecule has 0 unspecified atom stereocenters. The predicted molar refractivity (Wildman–Crippen MR) is 86.2 cm³/mol. The molecule has 0 spiro atoms. The van der Waals surface area contributed by atoms with Crippen molar-refractivity contribution in [3.05, 3.63) is 42.0 Å². The van der Waals surface area contributed by atoms with Gasteiger partial charge in [-0.25, -0.2) is 0 Å². The Morgan fingerprint density at radius 1 is 1.24 bits per heavy atom. The van der Waals surface area contributed by atoms with Gasteiger partial charge in [0.1, 0.15) is 0 Å². The molecule has 1 aliphatic carbocycles. The predicted octanol–water partition coefficient (Wildman–Crippen LogP) is 3.81. The summed E-state index contributed by atoms with van der Waals surface area (Å²) in [7, 11) is 2.06. The highest BCUT2D eigenvalue weighted by atomic mass is 16.4. The number of benzene rings is 1. The minimum absolute atomic E-state index is 0.162. The summed E-state index contributed by atoms with van der Waals surface area (Å²) in [5.74, 6) is -0.684. The molecule has 1 aromatic carbocycles. The molecule has 1 aromatic rings. The summed E-state index contributed by atoms with van der Waals surface area (Å²) in [6, 6.07) is 10.2. The molecule has 21 heavy (non-hydrogen) atoms. The van der Waals surface area contributed by atoms with Crippen LogP contribution in [0.25, 0.3) is 6.08 Å². The Balaban J connectivity index is 1.99. The number of hydrogen-bond donors (Lipinski definition) is 1. The summed E-state index contributed by atoms with van der Waals surface area (Å²) in [5, 5.41) is 9.24. The van der Waals surface area contributed by atoms with Gasteiger partial charge in [-0.15, -0.1) is 0 Å². The third-order valence-electron chi connectivity index (χ3n) is 4.56. The van der Waals surface area contributed by atoms with E-state index in [9.17, 15) is 9.90 Å². The molecule has 114 valence electrons. The van der Waals surface area contributed by atoms with Crippen molar-refractivity contribution < 1.29 is 9.90 Å². The minimum atomic E-state index is -0.684. The van der Waals surface area contributed by atoms with Crippen molar-refractivity contribution in [3.63, 3.8) is 0 Å². The number of rotatable bonds is 6. The lowest BCUT2D eigenvalue weighted by Gasteiger charge is -2.43. The lowest BCUT2D eigenvalue weighted by molar-refractivity contribution is -0.140. The Bertz CT molecular complexity index is 475. The van der Waals surface area contributed by atoms with Crippen molar-refractivity contribution in [1.82, 2.24) is 4.90 Å². The fourth-order valence-corrected chi connectivity index (χ4v) is 3.29. The molecule has 3 heteroatoms. The van der Waals surface area contributed by atoms with E-state index in [0.717, 1.165) is 32.2 Å². The summed E-state index contributed by atoms with van der Waals surface area (Å²) in [6.45, 7) is 0.794. The third kappa shape index (κ3) is 4.43. The van der Waals surface area contributed by atoms with Gasteiger partial charge < -0.3 is 5.11 Å². The van der Waals surface area contributed by atoms with Crippen LogP contribution in [0.1, 0.15) is 44.1 Å². The van der Waals surface area contributed by atoms with Gasteiger partial charge in [-0.05, 0) is 25.5 Å². The summed E-state index contributed by atoms with van der Waals surface area (Å²) in [6.07, 6.45) is 9.99. The Labute approximate surface area is 127 Å². The fraction of sp³-hybridized carbons (Fsp3) is 0.500. The molecule has 0 aliphatic heterocycles. The van der Waals surface area contributed by atoms with Crippen molar-refractivity contribution in [1.29, 1.82) is 0 Å². The third-order valence-corrected chi connectivity index (χ3v) is 4.56.